The van der Waals surface area contributed by atoms with Crippen LogP contribution >= 0.6 is 0 Å². The summed E-state index contributed by atoms with van der Waals surface area (Å²) in [6.45, 7) is 9.35. The van der Waals surface area contributed by atoms with Gasteiger partial charge in [-0.05, 0) is 56.0 Å². The lowest BCUT2D eigenvalue weighted by Gasteiger charge is -2.33. The van der Waals surface area contributed by atoms with Gasteiger partial charge in [0.2, 0.25) is 11.8 Å². The highest BCUT2D eigenvalue weighted by Crippen LogP contribution is 2.27. The molecule has 7 nitrogen and oxygen atoms in total. The minimum Gasteiger partial charge on any atom is -0.354 e. The normalized spacial score (nSPS) is 12.2. The molecule has 0 aliphatic rings. The molecule has 0 aliphatic carbocycles. The van der Waals surface area contributed by atoms with E-state index in [0.29, 0.717) is 13.0 Å². The molecule has 40 heavy (non-hydrogen) atoms. The van der Waals surface area contributed by atoms with Crippen molar-refractivity contribution in [1.29, 1.82) is 0 Å². The molecule has 1 atom stereocenters. The number of rotatable bonds is 12. The molecular weight excluding hydrogens is 529 g/mol. The molecule has 0 bridgehead atoms. The smallest absolute Gasteiger partial charge is 0.264 e. The Balaban J connectivity index is 2.05. The average Bonchev–Trinajstić information content (AvgIpc) is 2.92. The molecule has 0 fully saturated rings. The fraction of sp³-hybridized carbons (Fsp3) is 0.355. The highest BCUT2D eigenvalue weighted by molar-refractivity contribution is 7.92. The maximum atomic E-state index is 15.0. The van der Waals surface area contributed by atoms with Crippen LogP contribution in [0.15, 0.2) is 77.7 Å². The quantitative estimate of drug-likeness (QED) is 0.325. The lowest BCUT2D eigenvalue weighted by Crippen LogP contribution is -2.52. The van der Waals surface area contributed by atoms with Crippen molar-refractivity contribution in [3.05, 3.63) is 95.3 Å². The lowest BCUT2D eigenvalue weighted by atomic mass is 10.1. The Labute approximate surface area is 237 Å². The number of anilines is 1. The molecule has 0 spiro atoms. The van der Waals surface area contributed by atoms with Crippen molar-refractivity contribution in [2.45, 2.75) is 58.5 Å². The van der Waals surface area contributed by atoms with Gasteiger partial charge < -0.3 is 10.2 Å². The van der Waals surface area contributed by atoms with Crippen LogP contribution in [0.4, 0.5) is 10.1 Å². The molecule has 0 saturated carbocycles. The van der Waals surface area contributed by atoms with Crippen molar-refractivity contribution in [1.82, 2.24) is 10.2 Å². The number of hydrogen-bond acceptors (Lipinski definition) is 4. The van der Waals surface area contributed by atoms with Crippen molar-refractivity contribution in [3.63, 3.8) is 0 Å². The number of aryl methyl sites for hydroxylation is 2. The topological polar surface area (TPSA) is 86.8 Å². The van der Waals surface area contributed by atoms with Crippen LogP contribution in [-0.4, -0.2) is 44.3 Å². The summed E-state index contributed by atoms with van der Waals surface area (Å²) in [6, 6.07) is 18.3. The second kappa shape index (κ2) is 13.6. The van der Waals surface area contributed by atoms with Gasteiger partial charge in [-0.3, -0.25) is 13.9 Å². The monoisotopic (exact) mass is 567 g/mol. The molecule has 1 N–H and O–H groups in total. The van der Waals surface area contributed by atoms with Gasteiger partial charge in [0.05, 0.1) is 10.6 Å². The molecule has 0 radical (unpaired) electrons. The SMILES string of the molecule is CC[C@@H](C(=O)NCC(C)C)N(Cc1ccc(C)cc1)C(=O)CN(c1ccccc1F)S(=O)(=O)c1ccc(C)cc1. The number of amides is 2. The zero-order valence-corrected chi connectivity index (χ0v) is 24.5. The van der Waals surface area contributed by atoms with Gasteiger partial charge in [0.1, 0.15) is 18.4 Å². The summed E-state index contributed by atoms with van der Waals surface area (Å²) in [4.78, 5) is 28.6. The molecule has 3 rings (SSSR count). The zero-order valence-electron chi connectivity index (χ0n) is 23.7. The van der Waals surface area contributed by atoms with Crippen molar-refractivity contribution in [2.75, 3.05) is 17.4 Å². The van der Waals surface area contributed by atoms with E-state index in [0.717, 1.165) is 27.1 Å². The highest BCUT2D eigenvalue weighted by Gasteiger charge is 2.34. The second-order valence-corrected chi connectivity index (χ2v) is 12.2. The summed E-state index contributed by atoms with van der Waals surface area (Å²) in [5.41, 5.74) is 2.44. The Kier molecular flexibility index (Phi) is 10.5. The van der Waals surface area contributed by atoms with Crippen LogP contribution in [0.2, 0.25) is 0 Å². The number of carbonyl (C=O) groups excluding carboxylic acids is 2. The Morgan fingerprint density at radius 2 is 1.48 bits per heavy atom. The molecule has 3 aromatic carbocycles. The molecule has 0 unspecified atom stereocenters. The number of hydrogen-bond donors (Lipinski definition) is 1. The Bertz CT molecular complexity index is 1410. The number of sulfonamides is 1. The summed E-state index contributed by atoms with van der Waals surface area (Å²) in [7, 11) is -4.33. The molecule has 214 valence electrons. The number of nitrogens with one attached hydrogen (secondary N) is 1. The number of benzene rings is 3. The molecule has 0 heterocycles. The molecule has 3 aromatic rings. The first kappa shape index (κ1) is 30.8. The summed E-state index contributed by atoms with van der Waals surface area (Å²) in [5.74, 6) is -1.52. The van der Waals surface area contributed by atoms with E-state index < -0.39 is 34.3 Å². The minimum atomic E-state index is -4.33. The van der Waals surface area contributed by atoms with Crippen LogP contribution < -0.4 is 9.62 Å². The highest BCUT2D eigenvalue weighted by atomic mass is 32.2. The predicted molar refractivity (Wildman–Crippen MR) is 156 cm³/mol. The Morgan fingerprint density at radius 1 is 0.900 bits per heavy atom. The average molecular weight is 568 g/mol. The number of para-hydroxylation sites is 1. The minimum absolute atomic E-state index is 0.0686. The maximum absolute atomic E-state index is 15.0. The van der Waals surface area contributed by atoms with Crippen LogP contribution in [0.3, 0.4) is 0 Å². The first-order chi connectivity index (χ1) is 18.9. The first-order valence-electron chi connectivity index (χ1n) is 13.4. The molecular formula is C31H38FN3O4S. The van der Waals surface area contributed by atoms with E-state index in [1.54, 1.807) is 19.1 Å². The van der Waals surface area contributed by atoms with E-state index >= 15 is 4.39 Å². The fourth-order valence-corrected chi connectivity index (χ4v) is 5.66. The molecule has 0 aliphatic heterocycles. The molecule has 2 amide bonds. The van der Waals surface area contributed by atoms with Gasteiger partial charge in [-0.25, -0.2) is 12.8 Å². The van der Waals surface area contributed by atoms with E-state index in [1.165, 1.54) is 35.2 Å². The van der Waals surface area contributed by atoms with Crippen LogP contribution in [0, 0.1) is 25.6 Å². The first-order valence-corrected chi connectivity index (χ1v) is 14.8. The third-order valence-corrected chi connectivity index (χ3v) is 8.33. The van der Waals surface area contributed by atoms with E-state index in [2.05, 4.69) is 5.32 Å². The van der Waals surface area contributed by atoms with Gasteiger partial charge in [0.15, 0.2) is 0 Å². The number of carbonyl (C=O) groups is 2. The van der Waals surface area contributed by atoms with E-state index in [9.17, 15) is 18.0 Å². The summed E-state index contributed by atoms with van der Waals surface area (Å²) in [6.07, 6.45) is 0.311. The van der Waals surface area contributed by atoms with Crippen LogP contribution in [0.1, 0.15) is 43.9 Å². The third-order valence-electron chi connectivity index (χ3n) is 6.55. The van der Waals surface area contributed by atoms with Gasteiger partial charge >= 0.3 is 0 Å². The van der Waals surface area contributed by atoms with Gasteiger partial charge in [0, 0.05) is 13.1 Å². The summed E-state index contributed by atoms with van der Waals surface area (Å²) < 4.78 is 43.4. The van der Waals surface area contributed by atoms with Crippen molar-refractivity contribution >= 4 is 27.5 Å². The lowest BCUT2D eigenvalue weighted by molar-refractivity contribution is -0.140. The van der Waals surface area contributed by atoms with Gasteiger partial charge in [-0.15, -0.1) is 0 Å². The standard InChI is InChI=1S/C31H38FN3O4S/c1-6-28(31(37)33-19-22(2)3)34(20-25-15-11-23(4)12-16-25)30(36)21-35(29-10-8-7-9-27(29)32)40(38,39)26-17-13-24(5)14-18-26/h7-18,22,28H,6,19-21H2,1-5H3,(H,33,37)/t28-/m0/s1. The molecule has 0 saturated heterocycles. The van der Waals surface area contributed by atoms with Crippen molar-refractivity contribution in [2.24, 2.45) is 5.92 Å². The van der Waals surface area contributed by atoms with Gasteiger partial charge in [-0.1, -0.05) is 80.4 Å². The Hall–Kier alpha value is -3.72. The predicted octanol–water partition coefficient (Wildman–Crippen LogP) is 5.22. The molecule has 9 heteroatoms. The zero-order chi connectivity index (χ0) is 29.4. The van der Waals surface area contributed by atoms with Crippen LogP contribution in [0.5, 0.6) is 0 Å². The van der Waals surface area contributed by atoms with Crippen molar-refractivity contribution < 1.29 is 22.4 Å². The van der Waals surface area contributed by atoms with Crippen molar-refractivity contribution in [3.8, 4) is 0 Å². The summed E-state index contributed by atoms with van der Waals surface area (Å²) >= 11 is 0. The van der Waals surface area contributed by atoms with E-state index in [-0.39, 0.29) is 29.0 Å². The van der Waals surface area contributed by atoms with E-state index in [4.69, 9.17) is 0 Å². The maximum Gasteiger partial charge on any atom is 0.264 e. The third kappa shape index (κ3) is 7.69. The van der Waals surface area contributed by atoms with Gasteiger partial charge in [-0.2, -0.15) is 0 Å². The second-order valence-electron chi connectivity index (χ2n) is 10.3. The van der Waals surface area contributed by atoms with Gasteiger partial charge in [0.25, 0.3) is 10.0 Å². The summed E-state index contributed by atoms with van der Waals surface area (Å²) in [5, 5.41) is 2.89. The fourth-order valence-electron chi connectivity index (χ4n) is 4.24. The largest absolute Gasteiger partial charge is 0.354 e. The number of halogens is 1. The number of nitrogens with zero attached hydrogens (tertiary/aromatic N) is 2. The van der Waals surface area contributed by atoms with Crippen LogP contribution in [0.25, 0.3) is 0 Å². The van der Waals surface area contributed by atoms with Crippen LogP contribution in [-0.2, 0) is 26.2 Å². The van der Waals surface area contributed by atoms with E-state index in [1.807, 2.05) is 52.0 Å². The molecule has 0 aromatic heterocycles. The Morgan fingerprint density at radius 3 is 2.02 bits per heavy atom.